The van der Waals surface area contributed by atoms with Crippen LogP contribution in [-0.2, 0) is 14.3 Å². The first kappa shape index (κ1) is 22.2. The van der Waals surface area contributed by atoms with E-state index in [9.17, 15) is 24.3 Å². The number of carboxylic acids is 1. The lowest BCUT2D eigenvalue weighted by molar-refractivity contribution is -0.160. The van der Waals surface area contributed by atoms with Gasteiger partial charge >= 0.3 is 12.0 Å². The van der Waals surface area contributed by atoms with Gasteiger partial charge in [0.05, 0.1) is 12.3 Å². The molecule has 3 atom stereocenters. The molecule has 2 saturated heterocycles. The van der Waals surface area contributed by atoms with E-state index < -0.39 is 42.0 Å². The van der Waals surface area contributed by atoms with Gasteiger partial charge in [0.25, 0.3) is 5.91 Å². The van der Waals surface area contributed by atoms with Gasteiger partial charge in [-0.2, -0.15) is 0 Å². The maximum Gasteiger partial charge on any atom is 0.356 e. The third kappa shape index (κ3) is 3.64. The van der Waals surface area contributed by atoms with E-state index >= 15 is 0 Å². The lowest BCUT2D eigenvalue weighted by atomic mass is 9.91. The topological polar surface area (TPSA) is 168 Å². The summed E-state index contributed by atoms with van der Waals surface area (Å²) < 4.78 is 6.66. The van der Waals surface area contributed by atoms with Crippen molar-refractivity contribution in [1.29, 1.82) is 0 Å². The minimum atomic E-state index is -1.27. The number of aryl methyl sites for hydroxylation is 1. The molecule has 0 unspecified atom stereocenters. The zero-order chi connectivity index (χ0) is 24.1. The van der Waals surface area contributed by atoms with Gasteiger partial charge < -0.3 is 25.8 Å². The highest BCUT2D eigenvalue weighted by atomic mass is 32.2. The van der Waals surface area contributed by atoms with Gasteiger partial charge in [0.15, 0.2) is 10.0 Å². The molecule has 3 aliphatic rings. The van der Waals surface area contributed by atoms with Crippen molar-refractivity contribution in [3.63, 3.8) is 0 Å². The number of nitrogens with one attached hydrogen (secondary N) is 1. The Hall–Kier alpha value is -3.65. The van der Waals surface area contributed by atoms with Crippen LogP contribution in [0, 0.1) is 6.92 Å². The summed E-state index contributed by atoms with van der Waals surface area (Å²) in [5.74, 6) is -2.02. The highest BCUT2D eigenvalue weighted by Gasteiger charge is 2.65. The minimum Gasteiger partial charge on any atom is -0.487 e. The van der Waals surface area contributed by atoms with Gasteiger partial charge in [0.2, 0.25) is 5.91 Å². The maximum atomic E-state index is 13.0. The third-order valence-corrected chi connectivity index (χ3v) is 7.69. The molecule has 1 aromatic heterocycles. The second-order valence-electron chi connectivity index (χ2n) is 7.78. The van der Waals surface area contributed by atoms with Crippen LogP contribution in [0.15, 0.2) is 40.1 Å². The monoisotopic (exact) mass is 502 g/mol. The number of urea groups is 1. The molecule has 2 aromatic rings. The van der Waals surface area contributed by atoms with Gasteiger partial charge in [-0.05, 0) is 31.2 Å². The zero-order valence-corrected chi connectivity index (χ0v) is 19.3. The van der Waals surface area contributed by atoms with E-state index in [1.807, 2.05) is 6.92 Å². The molecule has 4 heterocycles. The molecular weight excluding hydrogens is 484 g/mol. The lowest BCUT2D eigenvalue weighted by Crippen LogP contribution is -2.70. The van der Waals surface area contributed by atoms with Crippen LogP contribution in [0.5, 0.6) is 0 Å². The average molecular weight is 503 g/mol. The van der Waals surface area contributed by atoms with Crippen molar-refractivity contribution < 1.29 is 29.0 Å². The van der Waals surface area contributed by atoms with Crippen LogP contribution in [-0.4, -0.2) is 79.4 Å². The summed E-state index contributed by atoms with van der Waals surface area (Å²) in [7, 11) is 0. The van der Waals surface area contributed by atoms with Gasteiger partial charge in [-0.25, -0.2) is 9.59 Å². The molecule has 4 amide bonds. The molecule has 14 heteroatoms. The predicted molar refractivity (Wildman–Crippen MR) is 120 cm³/mol. The fourth-order valence-electron chi connectivity index (χ4n) is 4.25. The molecule has 3 aliphatic heterocycles. The number of carbonyl (C=O) groups excluding carboxylic acids is 3. The summed E-state index contributed by atoms with van der Waals surface area (Å²) in [5.41, 5.74) is 5.73. The number of nitrogens with zero attached hydrogens (tertiary/aromatic N) is 4. The number of aromatic nitrogens is 2. The third-order valence-electron chi connectivity index (χ3n) is 5.72. The van der Waals surface area contributed by atoms with Crippen LogP contribution >= 0.6 is 23.1 Å². The van der Waals surface area contributed by atoms with Crippen molar-refractivity contribution in [1.82, 2.24) is 20.0 Å². The van der Waals surface area contributed by atoms with E-state index in [4.69, 9.17) is 10.5 Å². The molecule has 1 aromatic carbocycles. The van der Waals surface area contributed by atoms with Gasteiger partial charge in [0, 0.05) is 11.3 Å². The predicted octanol–water partition coefficient (Wildman–Crippen LogP) is 0.860. The van der Waals surface area contributed by atoms with Gasteiger partial charge in [-0.15, -0.1) is 10.2 Å². The number of aliphatic carboxylic acids is 1. The highest BCUT2D eigenvalue weighted by Crippen LogP contribution is 2.44. The van der Waals surface area contributed by atoms with E-state index in [-0.39, 0.29) is 23.8 Å². The van der Waals surface area contributed by atoms with Gasteiger partial charge in [0.1, 0.15) is 29.0 Å². The van der Waals surface area contributed by atoms with Crippen molar-refractivity contribution >= 4 is 52.6 Å². The molecule has 0 saturated carbocycles. The summed E-state index contributed by atoms with van der Waals surface area (Å²) in [5, 5.41) is 21.2. The Labute approximate surface area is 200 Å². The number of nitrogens with two attached hydrogens (primary N) is 1. The minimum absolute atomic E-state index is 0.113. The summed E-state index contributed by atoms with van der Waals surface area (Å²) >= 11 is 2.64. The van der Waals surface area contributed by atoms with Crippen LogP contribution in [0.2, 0.25) is 0 Å². The largest absolute Gasteiger partial charge is 0.487 e. The number of amides is 4. The fraction of sp³-hybridized carbons (Fsp3) is 0.300. The zero-order valence-electron chi connectivity index (χ0n) is 17.6. The first-order valence-electron chi connectivity index (χ1n) is 10.1. The Balaban J connectivity index is 1.32. The molecule has 4 N–H and O–H groups in total. The molecule has 0 radical (unpaired) electrons. The van der Waals surface area contributed by atoms with Crippen molar-refractivity contribution in [2.45, 2.75) is 29.5 Å². The van der Waals surface area contributed by atoms with Crippen molar-refractivity contribution in [2.75, 3.05) is 17.6 Å². The number of benzene rings is 1. The number of ether oxygens (including phenoxy) is 1. The molecule has 2 fully saturated rings. The van der Waals surface area contributed by atoms with Gasteiger partial charge in [-0.3, -0.25) is 14.5 Å². The van der Waals surface area contributed by atoms with Crippen LogP contribution in [0.4, 0.5) is 10.5 Å². The van der Waals surface area contributed by atoms with E-state index in [2.05, 4.69) is 15.5 Å². The summed E-state index contributed by atoms with van der Waals surface area (Å²) in [6.45, 7) is 1.93. The quantitative estimate of drug-likeness (QED) is 0.383. The van der Waals surface area contributed by atoms with Crippen molar-refractivity contribution in [3.05, 3.63) is 46.3 Å². The van der Waals surface area contributed by atoms with Crippen LogP contribution < -0.4 is 11.1 Å². The molecule has 0 spiro atoms. The number of rotatable bonds is 6. The SMILES string of the molecule is Cc1nnc(SCC2=C(C(=O)O)N3C(=O)[C@@H]4[C@H]3[C@@H](CN4C(=O)Nc3ccc(C(N)=O)cc3)O2)s1. The molecule has 176 valence electrons. The standard InChI is InChI=1S/C20H18N6O6S2/c1-8-23-24-20(34-8)33-7-12-14(18(29)30)26-13-11(32-12)6-25(15(13)17(26)28)19(31)22-10-4-2-9(3-5-10)16(21)27/h2-5,11,13,15H,6-7H2,1H3,(H2,21,27)(H,22,31)(H,29,30)/t11-,13-,15+/m1/s1. The Kier molecular flexibility index (Phi) is 5.40. The first-order chi connectivity index (χ1) is 16.2. The number of anilines is 1. The van der Waals surface area contributed by atoms with E-state index in [1.165, 1.54) is 57.2 Å². The molecule has 5 rings (SSSR count). The molecule has 0 aliphatic carbocycles. The maximum absolute atomic E-state index is 13.0. The first-order valence-corrected chi connectivity index (χ1v) is 11.9. The lowest BCUT2D eigenvalue weighted by Gasteiger charge is -2.49. The smallest absolute Gasteiger partial charge is 0.356 e. The molecular formula is C20H18N6O6S2. The van der Waals surface area contributed by atoms with E-state index in [0.717, 1.165) is 5.01 Å². The number of hydrogen-bond acceptors (Lipinski definition) is 9. The van der Waals surface area contributed by atoms with Gasteiger partial charge in [-0.1, -0.05) is 23.1 Å². The second-order valence-corrected chi connectivity index (χ2v) is 10.2. The number of hydrogen-bond donors (Lipinski definition) is 3. The van der Waals surface area contributed by atoms with E-state index in [1.54, 1.807) is 0 Å². The summed E-state index contributed by atoms with van der Waals surface area (Å²) in [6, 6.07) is 4.10. The number of carbonyl (C=O) groups is 4. The number of β-lactam (4-membered cyclic amide) rings is 1. The van der Waals surface area contributed by atoms with Crippen molar-refractivity contribution in [2.24, 2.45) is 5.73 Å². The normalized spacial score (nSPS) is 22.7. The Morgan fingerprint density at radius 1 is 1.29 bits per heavy atom. The van der Waals surface area contributed by atoms with Crippen LogP contribution in [0.1, 0.15) is 15.4 Å². The average Bonchev–Trinajstić information content (AvgIpc) is 3.38. The summed E-state index contributed by atoms with van der Waals surface area (Å²) in [6.07, 6.45) is -0.555. The van der Waals surface area contributed by atoms with Crippen LogP contribution in [0.3, 0.4) is 0 Å². The number of carboxylic acid groups (broad SMARTS) is 1. The molecule has 12 nitrogen and oxygen atoms in total. The number of likely N-dealkylation sites (tertiary alicyclic amines) is 1. The molecule has 0 bridgehead atoms. The Morgan fingerprint density at radius 3 is 2.65 bits per heavy atom. The molecule has 34 heavy (non-hydrogen) atoms. The fourth-order valence-corrected chi connectivity index (χ4v) is 6.00. The van der Waals surface area contributed by atoms with Crippen LogP contribution in [0.25, 0.3) is 0 Å². The Bertz CT molecular complexity index is 1240. The number of thioether (sulfide) groups is 1. The summed E-state index contributed by atoms with van der Waals surface area (Å²) in [4.78, 5) is 51.6. The van der Waals surface area contributed by atoms with E-state index in [0.29, 0.717) is 15.6 Å². The van der Waals surface area contributed by atoms with Crippen molar-refractivity contribution in [3.8, 4) is 0 Å². The highest BCUT2D eigenvalue weighted by molar-refractivity contribution is 8.01. The second kappa shape index (κ2) is 8.29. The Morgan fingerprint density at radius 2 is 2.03 bits per heavy atom. The number of primary amides is 1.